The Morgan fingerprint density at radius 1 is 1.15 bits per heavy atom. The number of ether oxygens (including phenoxy) is 2. The maximum atomic E-state index is 11.6. The average molecular weight is 278 g/mol. The van der Waals surface area contributed by atoms with E-state index in [-0.39, 0.29) is 0 Å². The number of carbonyl (C=O) groups is 2. The van der Waals surface area contributed by atoms with E-state index in [4.69, 9.17) is 9.47 Å². The van der Waals surface area contributed by atoms with Gasteiger partial charge in [0.05, 0.1) is 0 Å². The molecule has 2 bridgehead atoms. The molecule has 20 heavy (non-hydrogen) atoms. The Labute approximate surface area is 119 Å². The monoisotopic (exact) mass is 278 g/mol. The van der Waals surface area contributed by atoms with Gasteiger partial charge in [-0.1, -0.05) is 19.6 Å². The lowest BCUT2D eigenvalue weighted by molar-refractivity contribution is -0.191. The summed E-state index contributed by atoms with van der Waals surface area (Å²) >= 11 is 0. The molecular formula is C16H22O4. The van der Waals surface area contributed by atoms with Crippen molar-refractivity contribution in [3.05, 3.63) is 25.3 Å². The van der Waals surface area contributed by atoms with Crippen LogP contribution in [0.25, 0.3) is 0 Å². The van der Waals surface area contributed by atoms with Gasteiger partial charge in [-0.3, -0.25) is 0 Å². The predicted molar refractivity (Wildman–Crippen MR) is 74.9 cm³/mol. The molecule has 4 heteroatoms. The summed E-state index contributed by atoms with van der Waals surface area (Å²) in [6.45, 7) is 8.81. The molecular weight excluding hydrogens is 256 g/mol. The zero-order valence-electron chi connectivity index (χ0n) is 12.0. The van der Waals surface area contributed by atoms with Gasteiger partial charge in [-0.25, -0.2) is 9.59 Å². The molecule has 0 aromatic heterocycles. The Bertz CT molecular complexity index is 440. The Morgan fingerprint density at radius 3 is 2.45 bits per heavy atom. The summed E-state index contributed by atoms with van der Waals surface area (Å²) in [5.74, 6) is -0.389. The Hall–Kier alpha value is -1.58. The number of carbonyl (C=O) groups excluding carboxylic acids is 2. The highest BCUT2D eigenvalue weighted by Crippen LogP contribution is 2.50. The largest absolute Gasteiger partial charge is 0.456 e. The molecule has 0 N–H and O–H groups in total. The van der Waals surface area contributed by atoms with Gasteiger partial charge in [0.25, 0.3) is 0 Å². The second-order valence-corrected chi connectivity index (χ2v) is 6.23. The molecule has 110 valence electrons. The summed E-state index contributed by atoms with van der Waals surface area (Å²) in [4.78, 5) is 23.1. The SMILES string of the molecule is C=CC(=O)OC1(C)CC2CCCC(OC(=O)C=C)(C2)C1. The van der Waals surface area contributed by atoms with Gasteiger partial charge in [0.15, 0.2) is 0 Å². The maximum absolute atomic E-state index is 11.6. The highest BCUT2D eigenvalue weighted by molar-refractivity contribution is 5.82. The summed E-state index contributed by atoms with van der Waals surface area (Å²) < 4.78 is 11.2. The smallest absolute Gasteiger partial charge is 0.330 e. The molecule has 3 unspecified atom stereocenters. The van der Waals surface area contributed by atoms with Gasteiger partial charge in [-0.15, -0.1) is 0 Å². The molecule has 0 aromatic rings. The second kappa shape index (κ2) is 5.43. The van der Waals surface area contributed by atoms with Crippen LogP contribution in [0.4, 0.5) is 0 Å². The third-order valence-electron chi connectivity index (χ3n) is 4.32. The van der Waals surface area contributed by atoms with Gasteiger partial charge in [-0.05, 0) is 38.5 Å². The van der Waals surface area contributed by atoms with Crippen molar-refractivity contribution in [1.82, 2.24) is 0 Å². The quantitative estimate of drug-likeness (QED) is 0.586. The fourth-order valence-electron chi connectivity index (χ4n) is 3.89. The molecule has 0 saturated heterocycles. The van der Waals surface area contributed by atoms with Gasteiger partial charge < -0.3 is 9.47 Å². The first-order chi connectivity index (χ1) is 9.40. The fraction of sp³-hybridized carbons (Fsp3) is 0.625. The van der Waals surface area contributed by atoms with Gasteiger partial charge in [0, 0.05) is 18.6 Å². The van der Waals surface area contributed by atoms with Crippen LogP contribution in [0.1, 0.15) is 45.4 Å². The number of hydrogen-bond acceptors (Lipinski definition) is 4. The first-order valence-electron chi connectivity index (χ1n) is 7.11. The van der Waals surface area contributed by atoms with Gasteiger partial charge in [0.2, 0.25) is 0 Å². The van der Waals surface area contributed by atoms with Crippen LogP contribution < -0.4 is 0 Å². The minimum atomic E-state index is -0.587. The summed E-state index contributed by atoms with van der Waals surface area (Å²) in [5.41, 5.74) is -1.10. The predicted octanol–water partition coefficient (Wildman–Crippen LogP) is 2.93. The third kappa shape index (κ3) is 3.11. The van der Waals surface area contributed by atoms with Crippen LogP contribution in [0, 0.1) is 5.92 Å². The number of esters is 2. The van der Waals surface area contributed by atoms with Crippen LogP contribution in [-0.2, 0) is 19.1 Å². The highest BCUT2D eigenvalue weighted by atomic mass is 16.6. The van der Waals surface area contributed by atoms with Gasteiger partial charge in [-0.2, -0.15) is 0 Å². The van der Waals surface area contributed by atoms with E-state index in [1.165, 1.54) is 12.2 Å². The van der Waals surface area contributed by atoms with E-state index in [1.54, 1.807) is 0 Å². The van der Waals surface area contributed by atoms with E-state index >= 15 is 0 Å². The molecule has 2 aliphatic rings. The first-order valence-corrected chi connectivity index (χ1v) is 7.11. The highest BCUT2D eigenvalue weighted by Gasteiger charge is 2.52. The topological polar surface area (TPSA) is 52.6 Å². The van der Waals surface area contributed by atoms with Crippen molar-refractivity contribution >= 4 is 11.9 Å². The van der Waals surface area contributed by atoms with Crippen molar-refractivity contribution in [3.8, 4) is 0 Å². The van der Waals surface area contributed by atoms with E-state index < -0.39 is 23.1 Å². The molecule has 0 aromatic carbocycles. The van der Waals surface area contributed by atoms with Crippen molar-refractivity contribution < 1.29 is 19.1 Å². The van der Waals surface area contributed by atoms with Crippen LogP contribution in [0.3, 0.4) is 0 Å². The minimum absolute atomic E-state index is 0.398. The summed E-state index contributed by atoms with van der Waals surface area (Å²) in [6, 6.07) is 0. The molecule has 0 heterocycles. The zero-order valence-corrected chi connectivity index (χ0v) is 12.0. The van der Waals surface area contributed by atoms with Crippen molar-refractivity contribution in [2.45, 2.75) is 56.7 Å². The molecule has 0 amide bonds. The van der Waals surface area contributed by atoms with Crippen molar-refractivity contribution in [2.75, 3.05) is 0 Å². The van der Waals surface area contributed by atoms with Crippen molar-refractivity contribution in [1.29, 1.82) is 0 Å². The van der Waals surface area contributed by atoms with E-state index in [2.05, 4.69) is 13.2 Å². The number of rotatable bonds is 4. The summed E-state index contributed by atoms with van der Waals surface area (Å²) in [5, 5.41) is 0. The van der Waals surface area contributed by atoms with Crippen LogP contribution in [0.15, 0.2) is 25.3 Å². The Morgan fingerprint density at radius 2 is 1.80 bits per heavy atom. The molecule has 0 radical (unpaired) electrons. The Balaban J connectivity index is 2.19. The van der Waals surface area contributed by atoms with Gasteiger partial charge >= 0.3 is 11.9 Å². The van der Waals surface area contributed by atoms with E-state index in [0.717, 1.165) is 32.1 Å². The summed E-state index contributed by atoms with van der Waals surface area (Å²) in [7, 11) is 0. The maximum Gasteiger partial charge on any atom is 0.330 e. The van der Waals surface area contributed by atoms with Gasteiger partial charge in [0.1, 0.15) is 11.2 Å². The first kappa shape index (κ1) is 14.8. The molecule has 2 aliphatic carbocycles. The molecule has 2 saturated carbocycles. The van der Waals surface area contributed by atoms with E-state index in [1.807, 2.05) is 6.92 Å². The fourth-order valence-corrected chi connectivity index (χ4v) is 3.89. The lowest BCUT2D eigenvalue weighted by Crippen LogP contribution is -2.53. The van der Waals surface area contributed by atoms with Crippen LogP contribution in [0.2, 0.25) is 0 Å². The molecule has 2 fully saturated rings. The van der Waals surface area contributed by atoms with E-state index in [9.17, 15) is 9.59 Å². The van der Waals surface area contributed by atoms with Crippen LogP contribution in [-0.4, -0.2) is 23.1 Å². The van der Waals surface area contributed by atoms with Crippen molar-refractivity contribution in [2.24, 2.45) is 5.92 Å². The molecule has 2 rings (SSSR count). The number of fused-ring (bicyclic) bond motifs is 2. The average Bonchev–Trinajstić information content (AvgIpc) is 2.36. The number of hydrogen-bond donors (Lipinski definition) is 0. The van der Waals surface area contributed by atoms with Crippen LogP contribution >= 0.6 is 0 Å². The minimum Gasteiger partial charge on any atom is -0.456 e. The molecule has 4 nitrogen and oxygen atoms in total. The molecule has 0 aliphatic heterocycles. The lowest BCUT2D eigenvalue weighted by Gasteiger charge is -2.51. The third-order valence-corrected chi connectivity index (χ3v) is 4.32. The Kier molecular flexibility index (Phi) is 4.02. The lowest BCUT2D eigenvalue weighted by atomic mass is 9.63. The van der Waals surface area contributed by atoms with Crippen molar-refractivity contribution in [3.63, 3.8) is 0 Å². The van der Waals surface area contributed by atoms with Crippen LogP contribution in [0.5, 0.6) is 0 Å². The normalized spacial score (nSPS) is 35.8. The molecule has 3 atom stereocenters. The molecule has 0 spiro atoms. The second-order valence-electron chi connectivity index (χ2n) is 6.23. The summed E-state index contributed by atoms with van der Waals surface area (Å²) in [6.07, 6.45) is 7.56. The standard InChI is InChI=1S/C16H22O4/c1-4-13(17)19-15(3)9-12-7-6-8-16(10-12,11-15)20-14(18)5-2/h4-5,12H,1-2,6-11H2,3H3. The van der Waals surface area contributed by atoms with E-state index in [0.29, 0.717) is 12.3 Å². The zero-order chi connectivity index (χ0) is 14.8.